The highest BCUT2D eigenvalue weighted by atomic mass is 16.1. The fraction of sp³-hybridized carbons (Fsp3) is 0.611. The zero-order chi connectivity index (χ0) is 15.3. The van der Waals surface area contributed by atoms with Gasteiger partial charge in [-0.3, -0.25) is 0 Å². The van der Waals surface area contributed by atoms with Gasteiger partial charge in [-0.2, -0.15) is 0 Å². The molecule has 1 heteroatoms. The van der Waals surface area contributed by atoms with Gasteiger partial charge in [-0.25, -0.2) is 0 Å². The summed E-state index contributed by atoms with van der Waals surface area (Å²) in [6.07, 6.45) is 4.11. The largest absolute Gasteiger partial charge is 0.303 e. The first-order chi connectivity index (χ1) is 9.02. The molecule has 0 bridgehead atoms. The van der Waals surface area contributed by atoms with Crippen molar-refractivity contribution in [1.82, 2.24) is 0 Å². The van der Waals surface area contributed by atoms with Crippen molar-refractivity contribution in [3.05, 3.63) is 34.9 Å². The van der Waals surface area contributed by atoms with Gasteiger partial charge in [0.05, 0.1) is 0 Å². The lowest BCUT2D eigenvalue weighted by atomic mass is 9.99. The summed E-state index contributed by atoms with van der Waals surface area (Å²) < 4.78 is 0. The number of rotatable bonds is 4. The van der Waals surface area contributed by atoms with E-state index in [0.717, 1.165) is 6.29 Å². The van der Waals surface area contributed by atoms with Gasteiger partial charge in [0.15, 0.2) is 0 Å². The van der Waals surface area contributed by atoms with Crippen molar-refractivity contribution in [3.8, 4) is 0 Å². The number of carbonyl (C=O) groups excluding carboxylic acids is 1. The molecule has 0 amide bonds. The van der Waals surface area contributed by atoms with E-state index in [2.05, 4.69) is 39.0 Å². The Bertz CT molecular complexity index is 306. The molecular weight excluding hydrogens is 232 g/mol. The van der Waals surface area contributed by atoms with Gasteiger partial charge in [0, 0.05) is 6.42 Å². The van der Waals surface area contributed by atoms with E-state index in [9.17, 15) is 4.79 Å². The lowest BCUT2D eigenvalue weighted by Crippen LogP contribution is -1.91. The second-order valence-corrected chi connectivity index (χ2v) is 4.92. The maximum absolute atomic E-state index is 9.62. The van der Waals surface area contributed by atoms with Crippen molar-refractivity contribution in [1.29, 1.82) is 0 Å². The van der Waals surface area contributed by atoms with Crippen LogP contribution >= 0.6 is 0 Å². The van der Waals surface area contributed by atoms with Gasteiger partial charge in [-0.1, -0.05) is 59.2 Å². The molecule has 1 aromatic carbocycles. The molecule has 0 heterocycles. The van der Waals surface area contributed by atoms with Crippen molar-refractivity contribution >= 4 is 6.29 Å². The van der Waals surface area contributed by atoms with Crippen LogP contribution in [0.25, 0.3) is 0 Å². The molecule has 0 aliphatic heterocycles. The van der Waals surface area contributed by atoms with Gasteiger partial charge in [0.2, 0.25) is 0 Å². The van der Waals surface area contributed by atoms with Crippen LogP contribution in [0.5, 0.6) is 0 Å². The Morgan fingerprint density at radius 2 is 1.58 bits per heavy atom. The average molecular weight is 264 g/mol. The minimum absolute atomic E-state index is 0.530. The number of aldehydes is 1. The smallest absolute Gasteiger partial charge is 0.120 e. The van der Waals surface area contributed by atoms with E-state index >= 15 is 0 Å². The highest BCUT2D eigenvalue weighted by molar-refractivity contribution is 5.49. The molecule has 0 spiro atoms. The summed E-state index contributed by atoms with van der Waals surface area (Å²) in [6.45, 7) is 14.7. The molecule has 19 heavy (non-hydrogen) atoms. The van der Waals surface area contributed by atoms with E-state index < -0.39 is 0 Å². The van der Waals surface area contributed by atoms with Gasteiger partial charge >= 0.3 is 0 Å². The normalized spacial score (nSPS) is 9.05. The van der Waals surface area contributed by atoms with Crippen LogP contribution in [-0.2, 0) is 11.2 Å². The molecule has 0 saturated carbocycles. The highest BCUT2D eigenvalue weighted by Gasteiger charge is 1.98. The summed E-state index contributed by atoms with van der Waals surface area (Å²) in [7, 11) is 0. The lowest BCUT2D eigenvalue weighted by molar-refractivity contribution is -0.108. The van der Waals surface area contributed by atoms with Crippen LogP contribution in [0.15, 0.2) is 18.2 Å². The van der Waals surface area contributed by atoms with Crippen LogP contribution in [0, 0.1) is 19.8 Å². The fourth-order valence-corrected chi connectivity index (χ4v) is 1.69. The van der Waals surface area contributed by atoms with E-state index in [1.807, 2.05) is 27.7 Å². The van der Waals surface area contributed by atoms with E-state index in [4.69, 9.17) is 0 Å². The minimum Gasteiger partial charge on any atom is -0.303 e. The van der Waals surface area contributed by atoms with Crippen LogP contribution < -0.4 is 0 Å². The molecule has 0 aromatic heterocycles. The number of carbonyl (C=O) groups is 1. The van der Waals surface area contributed by atoms with Crippen LogP contribution in [0.4, 0.5) is 0 Å². The quantitative estimate of drug-likeness (QED) is 0.655. The Kier molecular flexibility index (Phi) is 14.2. The summed E-state index contributed by atoms with van der Waals surface area (Å²) >= 11 is 0. The molecule has 0 aliphatic carbocycles. The number of hydrogen-bond donors (Lipinski definition) is 0. The first-order valence-corrected chi connectivity index (χ1v) is 7.51. The first kappa shape index (κ1) is 20.2. The molecule has 0 saturated heterocycles. The molecule has 0 N–H and O–H groups in total. The third-order valence-electron chi connectivity index (χ3n) is 2.71. The SMILES string of the molecule is CC.CC(C)CC=O.CCCc1c(C)cccc1C. The molecule has 0 radical (unpaired) electrons. The third-order valence-corrected chi connectivity index (χ3v) is 2.71. The van der Waals surface area contributed by atoms with Crippen molar-refractivity contribution < 1.29 is 4.79 Å². The van der Waals surface area contributed by atoms with E-state index in [1.54, 1.807) is 0 Å². The fourth-order valence-electron chi connectivity index (χ4n) is 1.69. The van der Waals surface area contributed by atoms with Gasteiger partial charge in [0.25, 0.3) is 0 Å². The lowest BCUT2D eigenvalue weighted by Gasteiger charge is -2.06. The second kappa shape index (κ2) is 13.3. The molecule has 0 unspecified atom stereocenters. The predicted molar refractivity (Wildman–Crippen MR) is 86.8 cm³/mol. The van der Waals surface area contributed by atoms with Crippen molar-refractivity contribution in [2.24, 2.45) is 5.92 Å². The second-order valence-electron chi connectivity index (χ2n) is 4.92. The van der Waals surface area contributed by atoms with Crippen LogP contribution in [0.2, 0.25) is 0 Å². The summed E-state index contributed by atoms with van der Waals surface area (Å²) in [5.74, 6) is 0.530. The Hall–Kier alpha value is -1.11. The van der Waals surface area contributed by atoms with E-state index in [0.29, 0.717) is 12.3 Å². The first-order valence-electron chi connectivity index (χ1n) is 7.51. The number of benzene rings is 1. The predicted octanol–water partition coefficient (Wildman–Crippen LogP) is 5.51. The molecule has 0 aliphatic rings. The number of aryl methyl sites for hydroxylation is 2. The molecule has 0 atom stereocenters. The summed E-state index contributed by atoms with van der Waals surface area (Å²) in [4.78, 5) is 9.62. The highest BCUT2D eigenvalue weighted by Crippen LogP contribution is 2.14. The summed E-state index contributed by atoms with van der Waals surface area (Å²) in [5.41, 5.74) is 4.41. The van der Waals surface area contributed by atoms with Gasteiger partial charge in [0.1, 0.15) is 6.29 Å². The van der Waals surface area contributed by atoms with E-state index in [-0.39, 0.29) is 0 Å². The van der Waals surface area contributed by atoms with Crippen LogP contribution in [0.1, 0.15) is 64.2 Å². The molecule has 1 aromatic rings. The Balaban J connectivity index is 0. The van der Waals surface area contributed by atoms with Crippen molar-refractivity contribution in [2.75, 3.05) is 0 Å². The standard InChI is InChI=1S/C11H16.C5H10O.C2H6/c1-4-6-11-9(2)7-5-8-10(11)3;1-5(2)3-4-6;1-2/h5,7-8H,4,6H2,1-3H3;4-5H,3H2,1-2H3;1-2H3. The minimum atomic E-state index is 0.530. The monoisotopic (exact) mass is 264 g/mol. The maximum atomic E-state index is 9.62. The van der Waals surface area contributed by atoms with E-state index in [1.165, 1.54) is 29.5 Å². The maximum Gasteiger partial charge on any atom is 0.120 e. The molecule has 1 rings (SSSR count). The zero-order valence-electron chi connectivity index (χ0n) is 13.9. The third kappa shape index (κ3) is 10.5. The summed E-state index contributed by atoms with van der Waals surface area (Å²) in [6, 6.07) is 6.51. The zero-order valence-corrected chi connectivity index (χ0v) is 13.9. The Labute approximate surface area is 120 Å². The van der Waals surface area contributed by atoms with Gasteiger partial charge in [-0.05, 0) is 42.9 Å². The Morgan fingerprint density at radius 1 is 1.11 bits per heavy atom. The van der Waals surface area contributed by atoms with Gasteiger partial charge < -0.3 is 4.79 Å². The van der Waals surface area contributed by atoms with Crippen molar-refractivity contribution in [3.63, 3.8) is 0 Å². The average Bonchev–Trinajstić information content (AvgIpc) is 2.37. The number of hydrogen-bond acceptors (Lipinski definition) is 1. The van der Waals surface area contributed by atoms with Crippen molar-refractivity contribution in [2.45, 2.75) is 67.7 Å². The topological polar surface area (TPSA) is 17.1 Å². The Morgan fingerprint density at radius 3 is 1.84 bits per heavy atom. The van der Waals surface area contributed by atoms with Crippen LogP contribution in [0.3, 0.4) is 0 Å². The molecular formula is C18H32O. The molecule has 1 nitrogen and oxygen atoms in total. The molecule has 0 fully saturated rings. The van der Waals surface area contributed by atoms with Gasteiger partial charge in [-0.15, -0.1) is 0 Å². The van der Waals surface area contributed by atoms with Crippen LogP contribution in [-0.4, -0.2) is 6.29 Å². The molecule has 110 valence electrons. The summed E-state index contributed by atoms with van der Waals surface area (Å²) in [5, 5.41) is 0.